The summed E-state index contributed by atoms with van der Waals surface area (Å²) in [6.07, 6.45) is 5.95. The van der Waals surface area contributed by atoms with Gasteiger partial charge in [0.1, 0.15) is 0 Å². The van der Waals surface area contributed by atoms with E-state index < -0.39 is 0 Å². The fourth-order valence-electron chi connectivity index (χ4n) is 2.89. The Morgan fingerprint density at radius 1 is 1.32 bits per heavy atom. The fraction of sp³-hybridized carbons (Fsp3) is 0.929. The Hall–Kier alpha value is -0.650. The van der Waals surface area contributed by atoms with E-state index in [1.165, 1.54) is 12.8 Å². The molecular weight excluding hydrogens is 242 g/mol. The van der Waals surface area contributed by atoms with Gasteiger partial charge in [0.15, 0.2) is 0 Å². The van der Waals surface area contributed by atoms with E-state index in [1.54, 1.807) is 0 Å². The summed E-state index contributed by atoms with van der Waals surface area (Å²) in [4.78, 5) is 14.1. The quantitative estimate of drug-likeness (QED) is 0.756. The molecule has 0 aromatic carbocycles. The molecule has 0 bridgehead atoms. The Kier molecular flexibility index (Phi) is 6.07. The SMILES string of the molecule is CN(CC(=O)NCC1CCCO1)C1CCCNCC1. The molecule has 0 spiro atoms. The standard InChI is InChI=1S/C14H27N3O2/c1-17(12-4-2-7-15-8-6-12)11-14(18)16-10-13-5-3-9-19-13/h12-13,15H,2-11H2,1H3,(H,16,18). The highest BCUT2D eigenvalue weighted by molar-refractivity contribution is 5.78. The second-order valence-corrected chi connectivity index (χ2v) is 5.69. The summed E-state index contributed by atoms with van der Waals surface area (Å²) in [6, 6.07) is 0.531. The van der Waals surface area contributed by atoms with Gasteiger partial charge < -0.3 is 15.4 Å². The molecule has 2 saturated heterocycles. The summed E-state index contributed by atoms with van der Waals surface area (Å²) >= 11 is 0. The van der Waals surface area contributed by atoms with Crippen molar-refractivity contribution >= 4 is 5.91 Å². The first-order valence-electron chi connectivity index (χ1n) is 7.55. The number of likely N-dealkylation sites (N-methyl/N-ethyl adjacent to an activating group) is 1. The number of carbonyl (C=O) groups excluding carboxylic acids is 1. The Labute approximate surface area is 116 Å². The summed E-state index contributed by atoms with van der Waals surface area (Å²) in [5.41, 5.74) is 0. The highest BCUT2D eigenvalue weighted by Crippen LogP contribution is 2.12. The lowest BCUT2D eigenvalue weighted by molar-refractivity contribution is -0.123. The maximum absolute atomic E-state index is 11.9. The summed E-state index contributed by atoms with van der Waals surface area (Å²) in [7, 11) is 2.06. The van der Waals surface area contributed by atoms with Crippen LogP contribution < -0.4 is 10.6 Å². The number of rotatable bonds is 5. The van der Waals surface area contributed by atoms with Gasteiger partial charge in [-0.05, 0) is 52.2 Å². The van der Waals surface area contributed by atoms with Gasteiger partial charge in [-0.2, -0.15) is 0 Å². The van der Waals surface area contributed by atoms with Crippen molar-refractivity contribution in [3.05, 3.63) is 0 Å². The van der Waals surface area contributed by atoms with Gasteiger partial charge in [0.25, 0.3) is 0 Å². The van der Waals surface area contributed by atoms with E-state index in [-0.39, 0.29) is 12.0 Å². The van der Waals surface area contributed by atoms with Gasteiger partial charge in [-0.3, -0.25) is 9.69 Å². The number of nitrogens with zero attached hydrogens (tertiary/aromatic N) is 1. The molecule has 0 saturated carbocycles. The van der Waals surface area contributed by atoms with E-state index in [0.717, 1.165) is 39.0 Å². The van der Waals surface area contributed by atoms with Crippen LogP contribution >= 0.6 is 0 Å². The van der Waals surface area contributed by atoms with Crippen LogP contribution in [-0.4, -0.2) is 62.8 Å². The average Bonchev–Trinajstić information content (AvgIpc) is 2.76. The highest BCUT2D eigenvalue weighted by Gasteiger charge is 2.20. The van der Waals surface area contributed by atoms with E-state index in [2.05, 4.69) is 22.6 Å². The third kappa shape index (κ3) is 5.09. The fourth-order valence-corrected chi connectivity index (χ4v) is 2.89. The molecule has 0 radical (unpaired) electrons. The summed E-state index contributed by atoms with van der Waals surface area (Å²) in [5.74, 6) is 0.121. The van der Waals surface area contributed by atoms with Crippen molar-refractivity contribution in [1.82, 2.24) is 15.5 Å². The number of ether oxygens (including phenoxy) is 1. The Balaban J connectivity index is 1.65. The van der Waals surface area contributed by atoms with Crippen LogP contribution in [0.15, 0.2) is 0 Å². The summed E-state index contributed by atoms with van der Waals surface area (Å²) < 4.78 is 5.50. The van der Waals surface area contributed by atoms with E-state index in [4.69, 9.17) is 4.74 Å². The molecular formula is C14H27N3O2. The second-order valence-electron chi connectivity index (χ2n) is 5.69. The molecule has 2 aliphatic rings. The molecule has 2 heterocycles. The van der Waals surface area contributed by atoms with E-state index in [0.29, 0.717) is 19.1 Å². The minimum Gasteiger partial charge on any atom is -0.376 e. The zero-order valence-corrected chi connectivity index (χ0v) is 12.0. The molecule has 19 heavy (non-hydrogen) atoms. The number of hydrogen-bond acceptors (Lipinski definition) is 4. The first kappa shape index (κ1) is 14.8. The van der Waals surface area contributed by atoms with Crippen LogP contribution in [0.1, 0.15) is 32.1 Å². The van der Waals surface area contributed by atoms with Crippen LogP contribution in [0.4, 0.5) is 0 Å². The van der Waals surface area contributed by atoms with Gasteiger partial charge in [0, 0.05) is 19.2 Å². The van der Waals surface area contributed by atoms with Crippen molar-refractivity contribution in [2.24, 2.45) is 0 Å². The zero-order valence-electron chi connectivity index (χ0n) is 12.0. The molecule has 5 heteroatoms. The molecule has 2 rings (SSSR count). The lowest BCUT2D eigenvalue weighted by Gasteiger charge is -2.26. The number of nitrogens with one attached hydrogen (secondary N) is 2. The highest BCUT2D eigenvalue weighted by atomic mass is 16.5. The third-order valence-electron chi connectivity index (χ3n) is 4.11. The smallest absolute Gasteiger partial charge is 0.234 e. The molecule has 2 atom stereocenters. The topological polar surface area (TPSA) is 53.6 Å². The summed E-state index contributed by atoms with van der Waals surface area (Å²) in [5, 5.41) is 6.39. The largest absolute Gasteiger partial charge is 0.376 e. The molecule has 0 aliphatic carbocycles. The predicted octanol–water partition coefficient (Wildman–Crippen LogP) is 0.356. The summed E-state index contributed by atoms with van der Waals surface area (Å²) in [6.45, 7) is 4.17. The van der Waals surface area contributed by atoms with Crippen LogP contribution in [0.2, 0.25) is 0 Å². The number of hydrogen-bond donors (Lipinski definition) is 2. The molecule has 2 aliphatic heterocycles. The minimum absolute atomic E-state index is 0.121. The van der Waals surface area contributed by atoms with Crippen LogP contribution in [0.5, 0.6) is 0 Å². The zero-order chi connectivity index (χ0) is 13.5. The Morgan fingerprint density at radius 3 is 3.00 bits per heavy atom. The predicted molar refractivity (Wildman–Crippen MR) is 75.1 cm³/mol. The molecule has 0 aromatic heterocycles. The van der Waals surface area contributed by atoms with Gasteiger partial charge in [-0.25, -0.2) is 0 Å². The first-order valence-corrected chi connectivity index (χ1v) is 7.55. The van der Waals surface area contributed by atoms with Gasteiger partial charge >= 0.3 is 0 Å². The second kappa shape index (κ2) is 7.82. The van der Waals surface area contributed by atoms with E-state index in [1.807, 2.05) is 0 Å². The molecule has 1 amide bonds. The van der Waals surface area contributed by atoms with Gasteiger partial charge in [0.05, 0.1) is 12.6 Å². The third-order valence-corrected chi connectivity index (χ3v) is 4.11. The van der Waals surface area contributed by atoms with Crippen LogP contribution in [0.3, 0.4) is 0 Å². The minimum atomic E-state index is 0.121. The van der Waals surface area contributed by atoms with Crippen LogP contribution in [0, 0.1) is 0 Å². The Bertz CT molecular complexity index is 272. The first-order chi connectivity index (χ1) is 9.25. The Morgan fingerprint density at radius 2 is 2.21 bits per heavy atom. The maximum Gasteiger partial charge on any atom is 0.234 e. The van der Waals surface area contributed by atoms with E-state index in [9.17, 15) is 4.79 Å². The van der Waals surface area contributed by atoms with Crippen molar-refractivity contribution in [3.8, 4) is 0 Å². The molecule has 2 N–H and O–H groups in total. The number of amides is 1. The lowest BCUT2D eigenvalue weighted by Crippen LogP contribution is -2.42. The lowest BCUT2D eigenvalue weighted by atomic mass is 10.1. The van der Waals surface area contributed by atoms with Crippen molar-refractivity contribution in [2.45, 2.75) is 44.2 Å². The van der Waals surface area contributed by atoms with E-state index >= 15 is 0 Å². The number of carbonyl (C=O) groups is 1. The van der Waals surface area contributed by atoms with Gasteiger partial charge in [0.2, 0.25) is 5.91 Å². The molecule has 2 unspecified atom stereocenters. The average molecular weight is 269 g/mol. The van der Waals surface area contributed by atoms with Crippen LogP contribution in [0.25, 0.3) is 0 Å². The monoisotopic (exact) mass is 269 g/mol. The van der Waals surface area contributed by atoms with Crippen molar-refractivity contribution in [3.63, 3.8) is 0 Å². The molecule has 0 aromatic rings. The van der Waals surface area contributed by atoms with Crippen molar-refractivity contribution < 1.29 is 9.53 Å². The van der Waals surface area contributed by atoms with Crippen molar-refractivity contribution in [1.29, 1.82) is 0 Å². The van der Waals surface area contributed by atoms with Gasteiger partial charge in [-0.1, -0.05) is 0 Å². The molecule has 110 valence electrons. The van der Waals surface area contributed by atoms with Crippen molar-refractivity contribution in [2.75, 3.05) is 39.8 Å². The van der Waals surface area contributed by atoms with Crippen LogP contribution in [-0.2, 0) is 9.53 Å². The normalized spacial score (nSPS) is 28.3. The maximum atomic E-state index is 11.9. The molecule has 5 nitrogen and oxygen atoms in total. The van der Waals surface area contributed by atoms with Gasteiger partial charge in [-0.15, -0.1) is 0 Å². The molecule has 2 fully saturated rings.